The summed E-state index contributed by atoms with van der Waals surface area (Å²) in [5.41, 5.74) is 1.15. The number of unbranched alkanes of at least 4 members (excludes halogenated alkanes) is 2. The monoisotopic (exact) mass is 279 g/mol. The minimum Gasteiger partial charge on any atom is -0.314 e. The molecular weight excluding hydrogens is 250 g/mol. The summed E-state index contributed by atoms with van der Waals surface area (Å²) in [5.74, 6) is 0. The van der Waals surface area contributed by atoms with E-state index in [-0.39, 0.29) is 5.54 Å². The van der Waals surface area contributed by atoms with E-state index in [9.17, 15) is 0 Å². The van der Waals surface area contributed by atoms with Crippen LogP contribution in [0.2, 0.25) is 0 Å². The van der Waals surface area contributed by atoms with Gasteiger partial charge in [-0.1, -0.05) is 11.6 Å². The number of aromatic nitrogens is 3. The molecule has 1 fully saturated rings. The summed E-state index contributed by atoms with van der Waals surface area (Å²) in [5, 5.41) is 15.4. The lowest BCUT2D eigenvalue weighted by Crippen LogP contribution is -2.35. The third-order valence-corrected chi connectivity index (χ3v) is 3.46. The molecule has 0 bridgehead atoms. The van der Waals surface area contributed by atoms with E-state index in [0.717, 1.165) is 24.8 Å². The van der Waals surface area contributed by atoms with Crippen LogP contribution in [0.25, 0.3) is 0 Å². The molecular formula is C15H29N5. The minimum absolute atomic E-state index is 0.123. The first-order chi connectivity index (χ1) is 9.53. The van der Waals surface area contributed by atoms with Crippen LogP contribution in [-0.2, 0) is 13.1 Å². The zero-order chi connectivity index (χ0) is 14.4. The second-order valence-electron chi connectivity index (χ2n) is 6.87. The quantitative estimate of drug-likeness (QED) is 0.680. The van der Waals surface area contributed by atoms with Crippen molar-refractivity contribution in [3.8, 4) is 0 Å². The van der Waals surface area contributed by atoms with Gasteiger partial charge in [0.2, 0.25) is 0 Å². The lowest BCUT2D eigenvalue weighted by Gasteiger charge is -2.19. The first kappa shape index (κ1) is 15.4. The Balaban J connectivity index is 1.55. The van der Waals surface area contributed by atoms with Gasteiger partial charge in [-0.2, -0.15) is 0 Å². The standard InChI is InChI=1S/C15H29N5/c1-15(2,3)17-11-14-12-20(19-18-14)10-6-4-5-9-16-13-7-8-13/h12-13,16-17H,4-11H2,1-3H3. The van der Waals surface area contributed by atoms with Crippen LogP contribution in [0.4, 0.5) is 0 Å². The lowest BCUT2D eigenvalue weighted by molar-refractivity contribution is 0.421. The molecule has 5 heteroatoms. The molecule has 0 amide bonds. The SMILES string of the molecule is CC(C)(C)NCc1cn(CCCCCNC2CC2)nn1. The van der Waals surface area contributed by atoms with Crippen molar-refractivity contribution >= 4 is 0 Å². The zero-order valence-electron chi connectivity index (χ0n) is 13.2. The van der Waals surface area contributed by atoms with Crippen LogP contribution < -0.4 is 10.6 Å². The summed E-state index contributed by atoms with van der Waals surface area (Å²) in [6, 6.07) is 0.836. The van der Waals surface area contributed by atoms with Gasteiger partial charge >= 0.3 is 0 Å². The van der Waals surface area contributed by atoms with Crippen LogP contribution >= 0.6 is 0 Å². The molecule has 114 valence electrons. The zero-order valence-corrected chi connectivity index (χ0v) is 13.2. The van der Waals surface area contributed by atoms with Crippen molar-refractivity contribution in [2.24, 2.45) is 0 Å². The maximum atomic E-state index is 4.20. The van der Waals surface area contributed by atoms with E-state index in [0.29, 0.717) is 0 Å². The van der Waals surface area contributed by atoms with Gasteiger partial charge in [0.1, 0.15) is 0 Å². The van der Waals surface area contributed by atoms with E-state index < -0.39 is 0 Å². The smallest absolute Gasteiger partial charge is 0.0965 e. The van der Waals surface area contributed by atoms with Gasteiger partial charge in [0.25, 0.3) is 0 Å². The van der Waals surface area contributed by atoms with Gasteiger partial charge in [0.15, 0.2) is 0 Å². The number of hydrogen-bond acceptors (Lipinski definition) is 4. The molecule has 20 heavy (non-hydrogen) atoms. The van der Waals surface area contributed by atoms with Crippen LogP contribution in [-0.4, -0.2) is 33.1 Å². The van der Waals surface area contributed by atoms with Gasteiger partial charge in [0, 0.05) is 30.9 Å². The Hall–Kier alpha value is -0.940. The molecule has 2 rings (SSSR count). The van der Waals surface area contributed by atoms with Gasteiger partial charge in [-0.3, -0.25) is 4.68 Å². The molecule has 1 heterocycles. The normalized spacial score (nSPS) is 15.8. The molecule has 0 radical (unpaired) electrons. The molecule has 0 unspecified atom stereocenters. The number of nitrogens with zero attached hydrogens (tertiary/aromatic N) is 3. The molecule has 1 aromatic rings. The molecule has 0 aromatic carbocycles. The van der Waals surface area contributed by atoms with Crippen LogP contribution in [0, 0.1) is 0 Å². The molecule has 1 aromatic heterocycles. The number of aryl methyl sites for hydroxylation is 1. The molecule has 5 nitrogen and oxygen atoms in total. The Bertz CT molecular complexity index is 389. The van der Waals surface area contributed by atoms with E-state index >= 15 is 0 Å². The van der Waals surface area contributed by atoms with Crippen LogP contribution in [0.5, 0.6) is 0 Å². The largest absolute Gasteiger partial charge is 0.314 e. The Labute approximate surface area is 122 Å². The first-order valence-corrected chi connectivity index (χ1v) is 7.90. The molecule has 1 saturated carbocycles. The Morgan fingerprint density at radius 2 is 2.05 bits per heavy atom. The van der Waals surface area contributed by atoms with Crippen molar-refractivity contribution in [1.82, 2.24) is 25.6 Å². The topological polar surface area (TPSA) is 54.8 Å². The maximum Gasteiger partial charge on any atom is 0.0965 e. The van der Waals surface area contributed by atoms with Gasteiger partial charge in [0.05, 0.1) is 5.69 Å². The molecule has 0 spiro atoms. The van der Waals surface area contributed by atoms with Crippen molar-refractivity contribution in [2.45, 2.75) is 77.5 Å². The van der Waals surface area contributed by atoms with Crippen molar-refractivity contribution in [2.75, 3.05) is 6.54 Å². The van der Waals surface area contributed by atoms with Gasteiger partial charge in [-0.25, -0.2) is 0 Å². The lowest BCUT2D eigenvalue weighted by atomic mass is 10.1. The van der Waals surface area contributed by atoms with Gasteiger partial charge < -0.3 is 10.6 Å². The van der Waals surface area contributed by atoms with E-state index in [1.165, 1.54) is 38.6 Å². The Morgan fingerprint density at radius 1 is 1.25 bits per heavy atom. The second-order valence-corrected chi connectivity index (χ2v) is 6.87. The Kier molecular flexibility index (Phi) is 5.54. The molecule has 0 saturated heterocycles. The molecule has 1 aliphatic carbocycles. The highest BCUT2D eigenvalue weighted by Gasteiger charge is 2.19. The highest BCUT2D eigenvalue weighted by molar-refractivity contribution is 4.93. The molecule has 1 aliphatic rings. The second kappa shape index (κ2) is 7.18. The summed E-state index contributed by atoms with van der Waals surface area (Å²) in [6.45, 7) is 9.41. The van der Waals surface area contributed by atoms with E-state index in [1.54, 1.807) is 0 Å². The number of hydrogen-bond donors (Lipinski definition) is 2. The van der Waals surface area contributed by atoms with E-state index in [1.807, 2.05) is 4.68 Å². The maximum absolute atomic E-state index is 4.20. The molecule has 0 atom stereocenters. The third kappa shape index (κ3) is 6.48. The first-order valence-electron chi connectivity index (χ1n) is 7.90. The van der Waals surface area contributed by atoms with E-state index in [4.69, 9.17) is 0 Å². The van der Waals surface area contributed by atoms with Gasteiger partial charge in [-0.15, -0.1) is 5.10 Å². The predicted octanol–water partition coefficient (Wildman–Crippen LogP) is 2.09. The fourth-order valence-electron chi connectivity index (χ4n) is 2.05. The van der Waals surface area contributed by atoms with Crippen LogP contribution in [0.3, 0.4) is 0 Å². The summed E-state index contributed by atoms with van der Waals surface area (Å²) in [6.07, 6.45) is 8.52. The van der Waals surface area contributed by atoms with Crippen molar-refractivity contribution < 1.29 is 0 Å². The molecule has 0 aliphatic heterocycles. The highest BCUT2D eigenvalue weighted by Crippen LogP contribution is 2.18. The highest BCUT2D eigenvalue weighted by atomic mass is 15.4. The average molecular weight is 279 g/mol. The fourth-order valence-corrected chi connectivity index (χ4v) is 2.05. The number of rotatable bonds is 9. The van der Waals surface area contributed by atoms with Crippen LogP contribution in [0.1, 0.15) is 58.6 Å². The summed E-state index contributed by atoms with van der Waals surface area (Å²) < 4.78 is 1.97. The Morgan fingerprint density at radius 3 is 2.75 bits per heavy atom. The average Bonchev–Trinajstić information content (AvgIpc) is 3.08. The summed E-state index contributed by atoms with van der Waals surface area (Å²) >= 11 is 0. The fraction of sp³-hybridized carbons (Fsp3) is 0.867. The van der Waals surface area contributed by atoms with Crippen LogP contribution in [0.15, 0.2) is 6.20 Å². The van der Waals surface area contributed by atoms with Crippen molar-refractivity contribution in [3.05, 3.63) is 11.9 Å². The summed E-state index contributed by atoms with van der Waals surface area (Å²) in [4.78, 5) is 0. The minimum atomic E-state index is 0.123. The molecule has 2 N–H and O–H groups in total. The summed E-state index contributed by atoms with van der Waals surface area (Å²) in [7, 11) is 0. The van der Waals surface area contributed by atoms with E-state index in [2.05, 4.69) is 47.9 Å². The number of nitrogens with one attached hydrogen (secondary N) is 2. The van der Waals surface area contributed by atoms with Gasteiger partial charge in [-0.05, 0) is 53.0 Å². The predicted molar refractivity (Wildman–Crippen MR) is 81.5 cm³/mol. The third-order valence-electron chi connectivity index (χ3n) is 3.46. The van der Waals surface area contributed by atoms with Crippen molar-refractivity contribution in [1.29, 1.82) is 0 Å². The van der Waals surface area contributed by atoms with Crippen molar-refractivity contribution in [3.63, 3.8) is 0 Å².